The number of hydrogen-bond donors (Lipinski definition) is 2. The molecule has 1 aromatic carbocycles. The predicted octanol–water partition coefficient (Wildman–Crippen LogP) is 3.20. The summed E-state index contributed by atoms with van der Waals surface area (Å²) in [6.45, 7) is 1.80. The Bertz CT molecular complexity index is 668. The van der Waals surface area contributed by atoms with Crippen LogP contribution in [0.3, 0.4) is 0 Å². The van der Waals surface area contributed by atoms with Gasteiger partial charge in [0.05, 0.1) is 5.56 Å². The van der Waals surface area contributed by atoms with E-state index in [2.05, 4.69) is 21.2 Å². The summed E-state index contributed by atoms with van der Waals surface area (Å²) in [4.78, 5) is 23.9. The fraction of sp³-hybridized carbons (Fsp3) is 0.250. The third-order valence-electron chi connectivity index (χ3n) is 3.72. The number of furan rings is 1. The van der Waals surface area contributed by atoms with Crippen molar-refractivity contribution >= 4 is 27.8 Å². The summed E-state index contributed by atoms with van der Waals surface area (Å²) in [6.07, 6.45) is 1.68. The molecule has 0 spiro atoms. The highest BCUT2D eigenvalue weighted by Gasteiger charge is 2.39. The van der Waals surface area contributed by atoms with Crippen molar-refractivity contribution in [1.82, 2.24) is 5.32 Å². The summed E-state index contributed by atoms with van der Waals surface area (Å²) in [5, 5.41) is 12.4. The number of benzene rings is 1. The lowest BCUT2D eigenvalue weighted by molar-refractivity contribution is -0.143. The normalized spacial score (nSPS) is 13.4. The average molecular weight is 366 g/mol. The largest absolute Gasteiger partial charge is 0.481 e. The summed E-state index contributed by atoms with van der Waals surface area (Å²) in [6, 6.07) is 10.5. The lowest BCUT2D eigenvalue weighted by atomic mass is 9.78. The molecule has 2 aromatic rings. The molecular formula is C16H16BrNO4. The molecule has 0 bridgehead atoms. The topological polar surface area (TPSA) is 79.5 Å². The molecule has 6 heteroatoms. The number of carboxylic acids is 1. The number of rotatable bonds is 6. The highest BCUT2D eigenvalue weighted by Crippen LogP contribution is 2.28. The molecule has 116 valence electrons. The molecular weight excluding hydrogens is 350 g/mol. The van der Waals surface area contributed by atoms with Gasteiger partial charge >= 0.3 is 5.97 Å². The minimum atomic E-state index is -1.15. The number of amides is 1. The first-order valence-corrected chi connectivity index (χ1v) is 7.60. The zero-order valence-electron chi connectivity index (χ0n) is 12.0. The molecule has 1 aromatic heterocycles. The number of carbonyl (C=O) groups is 2. The van der Waals surface area contributed by atoms with E-state index >= 15 is 0 Å². The Morgan fingerprint density at radius 1 is 1.32 bits per heavy atom. The van der Waals surface area contributed by atoms with Crippen molar-refractivity contribution in [3.63, 3.8) is 0 Å². The van der Waals surface area contributed by atoms with Gasteiger partial charge in [0.15, 0.2) is 4.67 Å². The predicted molar refractivity (Wildman–Crippen MR) is 84.8 cm³/mol. The Labute approximate surface area is 136 Å². The molecule has 1 atom stereocenters. The van der Waals surface area contributed by atoms with Crippen molar-refractivity contribution in [2.75, 3.05) is 6.54 Å². The van der Waals surface area contributed by atoms with Crippen molar-refractivity contribution in [3.05, 3.63) is 58.5 Å². The van der Waals surface area contributed by atoms with Gasteiger partial charge in [-0.3, -0.25) is 9.59 Å². The van der Waals surface area contributed by atoms with Crippen molar-refractivity contribution in [1.29, 1.82) is 0 Å². The van der Waals surface area contributed by atoms with E-state index in [1.165, 1.54) is 12.3 Å². The highest BCUT2D eigenvalue weighted by molar-refractivity contribution is 9.10. The van der Waals surface area contributed by atoms with E-state index in [1.54, 1.807) is 31.2 Å². The fourth-order valence-corrected chi connectivity index (χ4v) is 2.64. The van der Waals surface area contributed by atoms with Gasteiger partial charge in [-0.05, 0) is 27.9 Å². The van der Waals surface area contributed by atoms with Crippen molar-refractivity contribution in [2.45, 2.75) is 18.8 Å². The van der Waals surface area contributed by atoms with Gasteiger partial charge in [-0.25, -0.2) is 0 Å². The number of nitrogens with one attached hydrogen (secondary N) is 1. The Balaban J connectivity index is 2.21. The van der Waals surface area contributed by atoms with Gasteiger partial charge in [-0.15, -0.1) is 0 Å². The van der Waals surface area contributed by atoms with E-state index in [0.29, 0.717) is 22.2 Å². The van der Waals surface area contributed by atoms with Crippen LogP contribution in [-0.2, 0) is 10.2 Å². The quantitative estimate of drug-likeness (QED) is 0.823. The monoisotopic (exact) mass is 365 g/mol. The second kappa shape index (κ2) is 6.79. The number of halogens is 1. The Morgan fingerprint density at radius 2 is 2.00 bits per heavy atom. The molecule has 0 aliphatic heterocycles. The van der Waals surface area contributed by atoms with Crippen LogP contribution in [0.4, 0.5) is 0 Å². The minimum absolute atomic E-state index is 0.00444. The van der Waals surface area contributed by atoms with Gasteiger partial charge in [0, 0.05) is 12.6 Å². The summed E-state index contributed by atoms with van der Waals surface area (Å²) in [7, 11) is 0. The zero-order chi connectivity index (χ0) is 16.2. The third-order valence-corrected chi connectivity index (χ3v) is 4.14. The van der Waals surface area contributed by atoms with E-state index < -0.39 is 11.4 Å². The van der Waals surface area contributed by atoms with Gasteiger partial charge < -0.3 is 14.8 Å². The minimum Gasteiger partial charge on any atom is -0.481 e. The molecule has 2 rings (SSSR count). The van der Waals surface area contributed by atoms with Gasteiger partial charge in [-0.2, -0.15) is 0 Å². The molecule has 1 heterocycles. The first-order chi connectivity index (χ1) is 10.5. The van der Waals surface area contributed by atoms with Crippen LogP contribution in [0.5, 0.6) is 0 Å². The standard InChI is InChI=1S/C16H16BrNO4/c1-2-16(15(20)21,12-6-4-3-5-7-12)10-18-14(19)11-8-13(17)22-9-11/h3-9H,2,10H2,1H3,(H,18,19)(H,20,21). The van der Waals surface area contributed by atoms with Crippen molar-refractivity contribution in [3.8, 4) is 0 Å². The second-order valence-electron chi connectivity index (χ2n) is 4.93. The van der Waals surface area contributed by atoms with Crippen LogP contribution in [0.1, 0.15) is 29.3 Å². The van der Waals surface area contributed by atoms with E-state index in [-0.39, 0.29) is 12.5 Å². The summed E-state index contributed by atoms with van der Waals surface area (Å²) in [5.74, 6) is -1.33. The van der Waals surface area contributed by atoms with Gasteiger partial charge in [0.1, 0.15) is 11.7 Å². The lowest BCUT2D eigenvalue weighted by Crippen LogP contribution is -2.46. The molecule has 0 radical (unpaired) electrons. The Kier molecular flexibility index (Phi) is 5.03. The molecule has 0 aliphatic carbocycles. The average Bonchev–Trinajstić information content (AvgIpc) is 2.95. The van der Waals surface area contributed by atoms with Gasteiger partial charge in [-0.1, -0.05) is 37.3 Å². The molecule has 0 fully saturated rings. The van der Waals surface area contributed by atoms with E-state index in [0.717, 1.165) is 0 Å². The molecule has 22 heavy (non-hydrogen) atoms. The number of carboxylic acid groups (broad SMARTS) is 1. The van der Waals surface area contributed by atoms with E-state index in [9.17, 15) is 14.7 Å². The summed E-state index contributed by atoms with van der Waals surface area (Å²) in [5.41, 5.74) is -0.147. The summed E-state index contributed by atoms with van der Waals surface area (Å²) < 4.78 is 5.46. The number of aliphatic carboxylic acids is 1. The van der Waals surface area contributed by atoms with Crippen LogP contribution in [0.15, 0.2) is 51.7 Å². The van der Waals surface area contributed by atoms with Crippen LogP contribution in [0, 0.1) is 0 Å². The molecule has 5 nitrogen and oxygen atoms in total. The molecule has 1 amide bonds. The first kappa shape index (κ1) is 16.3. The zero-order valence-corrected chi connectivity index (χ0v) is 13.6. The first-order valence-electron chi connectivity index (χ1n) is 6.81. The molecule has 0 saturated heterocycles. The maximum atomic E-state index is 12.1. The Morgan fingerprint density at radius 3 is 2.50 bits per heavy atom. The molecule has 0 aliphatic rings. The van der Waals surface area contributed by atoms with Crippen molar-refractivity contribution < 1.29 is 19.1 Å². The number of carbonyl (C=O) groups excluding carboxylic acids is 1. The van der Waals surface area contributed by atoms with Gasteiger partial charge in [0.25, 0.3) is 5.91 Å². The second-order valence-corrected chi connectivity index (χ2v) is 5.71. The Hall–Kier alpha value is -2.08. The van der Waals surface area contributed by atoms with Gasteiger partial charge in [0.2, 0.25) is 0 Å². The van der Waals surface area contributed by atoms with Crippen LogP contribution in [-0.4, -0.2) is 23.5 Å². The van der Waals surface area contributed by atoms with Crippen LogP contribution in [0.2, 0.25) is 0 Å². The maximum absolute atomic E-state index is 12.1. The van der Waals surface area contributed by atoms with Crippen LogP contribution in [0.25, 0.3) is 0 Å². The third kappa shape index (κ3) is 3.22. The summed E-state index contributed by atoms with van der Waals surface area (Å²) >= 11 is 3.12. The number of hydrogen-bond acceptors (Lipinski definition) is 3. The molecule has 0 saturated carbocycles. The van der Waals surface area contributed by atoms with Crippen molar-refractivity contribution in [2.24, 2.45) is 0 Å². The SMILES string of the molecule is CCC(CNC(=O)c1coc(Br)c1)(C(=O)O)c1ccccc1. The maximum Gasteiger partial charge on any atom is 0.315 e. The fourth-order valence-electron chi connectivity index (χ4n) is 2.30. The molecule has 1 unspecified atom stereocenters. The van der Waals surface area contributed by atoms with Crippen LogP contribution < -0.4 is 5.32 Å². The lowest BCUT2D eigenvalue weighted by Gasteiger charge is -2.29. The van der Waals surface area contributed by atoms with Crippen LogP contribution >= 0.6 is 15.9 Å². The molecule has 2 N–H and O–H groups in total. The van der Waals surface area contributed by atoms with E-state index in [4.69, 9.17) is 4.42 Å². The van der Waals surface area contributed by atoms with E-state index in [1.807, 2.05) is 6.07 Å². The highest BCUT2D eigenvalue weighted by atomic mass is 79.9. The smallest absolute Gasteiger partial charge is 0.315 e.